The molecule has 1 N–H and O–H groups in total. The maximum absolute atomic E-state index is 12.8. The van der Waals surface area contributed by atoms with Crippen molar-refractivity contribution in [1.29, 1.82) is 0 Å². The Morgan fingerprint density at radius 3 is 2.76 bits per heavy atom. The van der Waals surface area contributed by atoms with E-state index in [-0.39, 0.29) is 24.3 Å². The van der Waals surface area contributed by atoms with Crippen LogP contribution in [0.5, 0.6) is 0 Å². The number of aryl methyl sites for hydroxylation is 1. The monoisotopic (exact) mass is 341 g/mol. The lowest BCUT2D eigenvalue weighted by Gasteiger charge is -2.34. The van der Waals surface area contributed by atoms with Crippen molar-refractivity contribution in [3.8, 4) is 11.5 Å². The standard InChI is InChI=1S/C19H23N3O3/c1-13-15(21-19(25-13)14-8-4-3-5-9-14)12-17(23)22-11-7-6-10-16(22)18(24)20-2/h3-5,8-9,16H,6-7,10-12H2,1-2H3,(H,20,24). The summed E-state index contributed by atoms with van der Waals surface area (Å²) in [6.45, 7) is 2.42. The Labute approximate surface area is 147 Å². The number of carbonyl (C=O) groups is 2. The van der Waals surface area contributed by atoms with Crippen molar-refractivity contribution in [3.05, 3.63) is 41.8 Å². The van der Waals surface area contributed by atoms with Gasteiger partial charge in [0.1, 0.15) is 11.8 Å². The van der Waals surface area contributed by atoms with Crippen LogP contribution in [0.4, 0.5) is 0 Å². The van der Waals surface area contributed by atoms with Gasteiger partial charge in [0.2, 0.25) is 17.7 Å². The van der Waals surface area contributed by atoms with E-state index in [9.17, 15) is 9.59 Å². The molecule has 1 aliphatic heterocycles. The van der Waals surface area contributed by atoms with Gasteiger partial charge in [-0.05, 0) is 38.3 Å². The molecule has 0 radical (unpaired) electrons. The molecule has 6 heteroatoms. The molecule has 1 fully saturated rings. The quantitative estimate of drug-likeness (QED) is 0.926. The van der Waals surface area contributed by atoms with Crippen LogP contribution in [0, 0.1) is 6.92 Å². The largest absolute Gasteiger partial charge is 0.441 e. The lowest BCUT2D eigenvalue weighted by molar-refractivity contribution is -0.141. The molecule has 1 unspecified atom stereocenters. The van der Waals surface area contributed by atoms with E-state index < -0.39 is 0 Å². The van der Waals surface area contributed by atoms with Crippen LogP contribution in [0.15, 0.2) is 34.7 Å². The number of likely N-dealkylation sites (N-methyl/N-ethyl adjacent to an activating group) is 1. The molecule has 25 heavy (non-hydrogen) atoms. The van der Waals surface area contributed by atoms with E-state index in [0.717, 1.165) is 18.4 Å². The lowest BCUT2D eigenvalue weighted by atomic mass is 10.0. The Kier molecular flexibility index (Phi) is 5.16. The SMILES string of the molecule is CNC(=O)C1CCCCN1C(=O)Cc1nc(-c2ccccc2)oc1C. The minimum Gasteiger partial charge on any atom is -0.441 e. The number of piperidine rings is 1. The van der Waals surface area contributed by atoms with E-state index in [1.165, 1.54) is 0 Å². The molecule has 1 aromatic carbocycles. The highest BCUT2D eigenvalue weighted by Crippen LogP contribution is 2.23. The number of nitrogens with one attached hydrogen (secondary N) is 1. The van der Waals surface area contributed by atoms with Crippen LogP contribution in [-0.2, 0) is 16.0 Å². The molecule has 0 bridgehead atoms. The van der Waals surface area contributed by atoms with E-state index in [2.05, 4.69) is 10.3 Å². The third kappa shape index (κ3) is 3.73. The van der Waals surface area contributed by atoms with E-state index in [1.54, 1.807) is 11.9 Å². The maximum Gasteiger partial charge on any atom is 0.242 e. The van der Waals surface area contributed by atoms with Gasteiger partial charge in [0, 0.05) is 19.2 Å². The molecular weight excluding hydrogens is 318 g/mol. The normalized spacial score (nSPS) is 17.4. The van der Waals surface area contributed by atoms with Crippen LogP contribution >= 0.6 is 0 Å². The Balaban J connectivity index is 1.76. The second-order valence-corrected chi connectivity index (χ2v) is 6.28. The van der Waals surface area contributed by atoms with Gasteiger partial charge in [0.15, 0.2) is 0 Å². The summed E-state index contributed by atoms with van der Waals surface area (Å²) in [7, 11) is 1.60. The molecule has 1 saturated heterocycles. The molecule has 2 aromatic rings. The fourth-order valence-corrected chi connectivity index (χ4v) is 3.21. The summed E-state index contributed by atoms with van der Waals surface area (Å²) in [4.78, 5) is 31.0. The first-order chi connectivity index (χ1) is 12.1. The molecule has 132 valence electrons. The van der Waals surface area contributed by atoms with Gasteiger partial charge >= 0.3 is 0 Å². The number of aromatic nitrogens is 1. The molecule has 2 heterocycles. The van der Waals surface area contributed by atoms with E-state index in [4.69, 9.17) is 4.42 Å². The maximum atomic E-state index is 12.8. The van der Waals surface area contributed by atoms with E-state index in [0.29, 0.717) is 30.3 Å². The van der Waals surface area contributed by atoms with Crippen LogP contribution < -0.4 is 5.32 Å². The first-order valence-corrected chi connectivity index (χ1v) is 8.63. The summed E-state index contributed by atoms with van der Waals surface area (Å²) in [6.07, 6.45) is 2.74. The first kappa shape index (κ1) is 17.2. The number of benzene rings is 1. The van der Waals surface area contributed by atoms with Gasteiger partial charge in [-0.3, -0.25) is 9.59 Å². The van der Waals surface area contributed by atoms with E-state index in [1.807, 2.05) is 37.3 Å². The van der Waals surface area contributed by atoms with Gasteiger partial charge in [-0.1, -0.05) is 18.2 Å². The van der Waals surface area contributed by atoms with Crippen LogP contribution in [0.1, 0.15) is 30.7 Å². The molecular formula is C19H23N3O3. The molecule has 1 atom stereocenters. The third-order valence-corrected chi connectivity index (χ3v) is 4.60. The Morgan fingerprint density at radius 1 is 1.28 bits per heavy atom. The molecule has 0 spiro atoms. The number of rotatable bonds is 4. The number of amides is 2. The number of nitrogens with zero attached hydrogens (tertiary/aromatic N) is 2. The zero-order valence-electron chi connectivity index (χ0n) is 14.6. The third-order valence-electron chi connectivity index (χ3n) is 4.60. The number of carbonyl (C=O) groups excluding carboxylic acids is 2. The number of oxazole rings is 1. The van der Waals surface area contributed by atoms with Crippen molar-refractivity contribution in [1.82, 2.24) is 15.2 Å². The van der Waals surface area contributed by atoms with Crippen LogP contribution in [0.25, 0.3) is 11.5 Å². The Bertz CT molecular complexity index is 755. The minimum atomic E-state index is -0.382. The van der Waals surface area contributed by atoms with Crippen LogP contribution in [0.3, 0.4) is 0 Å². The predicted molar refractivity (Wildman–Crippen MR) is 93.8 cm³/mol. The number of hydrogen-bond donors (Lipinski definition) is 1. The average Bonchev–Trinajstić information content (AvgIpc) is 3.02. The summed E-state index contributed by atoms with van der Waals surface area (Å²) < 4.78 is 5.72. The summed E-state index contributed by atoms with van der Waals surface area (Å²) in [6, 6.07) is 9.22. The van der Waals surface area contributed by atoms with Crippen LogP contribution in [-0.4, -0.2) is 41.3 Å². The first-order valence-electron chi connectivity index (χ1n) is 8.63. The van der Waals surface area contributed by atoms with Crippen molar-refractivity contribution in [2.75, 3.05) is 13.6 Å². The summed E-state index contributed by atoms with van der Waals surface area (Å²) in [5, 5.41) is 2.65. The van der Waals surface area contributed by atoms with Crippen LogP contribution in [0.2, 0.25) is 0 Å². The number of likely N-dealkylation sites (tertiary alicyclic amines) is 1. The second kappa shape index (κ2) is 7.51. The zero-order chi connectivity index (χ0) is 17.8. The highest BCUT2D eigenvalue weighted by molar-refractivity contribution is 5.88. The summed E-state index contributed by atoms with van der Waals surface area (Å²) >= 11 is 0. The fraction of sp³-hybridized carbons (Fsp3) is 0.421. The number of hydrogen-bond acceptors (Lipinski definition) is 4. The predicted octanol–water partition coefficient (Wildman–Crippen LogP) is 2.32. The molecule has 1 aliphatic rings. The molecule has 6 nitrogen and oxygen atoms in total. The second-order valence-electron chi connectivity index (χ2n) is 6.28. The van der Waals surface area contributed by atoms with Crippen molar-refractivity contribution in [2.45, 2.75) is 38.6 Å². The van der Waals surface area contributed by atoms with Crippen molar-refractivity contribution in [2.24, 2.45) is 0 Å². The summed E-state index contributed by atoms with van der Waals surface area (Å²) in [5.74, 6) is 0.974. The van der Waals surface area contributed by atoms with Gasteiger partial charge in [-0.15, -0.1) is 0 Å². The molecule has 2 amide bonds. The van der Waals surface area contributed by atoms with Crippen molar-refractivity contribution < 1.29 is 14.0 Å². The fourth-order valence-electron chi connectivity index (χ4n) is 3.21. The van der Waals surface area contributed by atoms with Gasteiger partial charge in [-0.25, -0.2) is 4.98 Å². The Morgan fingerprint density at radius 2 is 2.04 bits per heavy atom. The zero-order valence-corrected chi connectivity index (χ0v) is 14.6. The minimum absolute atomic E-state index is 0.0793. The highest BCUT2D eigenvalue weighted by atomic mass is 16.4. The molecule has 0 saturated carbocycles. The smallest absolute Gasteiger partial charge is 0.242 e. The Hall–Kier alpha value is -2.63. The average molecular weight is 341 g/mol. The topological polar surface area (TPSA) is 75.4 Å². The lowest BCUT2D eigenvalue weighted by Crippen LogP contribution is -2.51. The molecule has 3 rings (SSSR count). The van der Waals surface area contributed by atoms with Gasteiger partial charge in [0.05, 0.1) is 12.1 Å². The summed E-state index contributed by atoms with van der Waals surface area (Å²) in [5.41, 5.74) is 1.51. The van der Waals surface area contributed by atoms with Gasteiger partial charge in [-0.2, -0.15) is 0 Å². The van der Waals surface area contributed by atoms with Gasteiger partial charge < -0.3 is 14.6 Å². The highest BCUT2D eigenvalue weighted by Gasteiger charge is 2.32. The molecule has 0 aliphatic carbocycles. The molecule has 1 aromatic heterocycles. The van der Waals surface area contributed by atoms with Crippen molar-refractivity contribution >= 4 is 11.8 Å². The van der Waals surface area contributed by atoms with E-state index >= 15 is 0 Å². The van der Waals surface area contributed by atoms with Gasteiger partial charge in [0.25, 0.3) is 0 Å². The van der Waals surface area contributed by atoms with Crippen molar-refractivity contribution in [3.63, 3.8) is 0 Å².